The van der Waals surface area contributed by atoms with Crippen molar-refractivity contribution in [2.24, 2.45) is 0 Å². The normalized spacial score (nSPS) is 13.3. The molecule has 0 aromatic rings. The topological polar surface area (TPSA) is 61.8 Å². The van der Waals surface area contributed by atoms with Gasteiger partial charge >= 0.3 is 5.97 Å². The Kier molecular flexibility index (Phi) is 9.03. The second kappa shape index (κ2) is 9.39. The van der Waals surface area contributed by atoms with E-state index in [1.165, 1.54) is 0 Å². The van der Waals surface area contributed by atoms with Crippen LogP contribution in [0, 0.1) is 0 Å². The minimum atomic E-state index is -0.774. The van der Waals surface area contributed by atoms with Crippen molar-refractivity contribution in [3.8, 4) is 0 Å². The van der Waals surface area contributed by atoms with Gasteiger partial charge in [0.05, 0.1) is 0 Å². The fourth-order valence-electron chi connectivity index (χ4n) is 1.62. The molecule has 5 nitrogen and oxygen atoms in total. The number of carboxylic acid groups (broad SMARTS) is 1. The molecule has 0 saturated heterocycles. The number of aliphatic carboxylic acids is 1. The monoisotopic (exact) mass is 246 g/mol. The molecule has 1 atom stereocenters. The van der Waals surface area contributed by atoms with Gasteiger partial charge in [0.25, 0.3) is 0 Å². The smallest absolute Gasteiger partial charge is 0.320 e. The summed E-state index contributed by atoms with van der Waals surface area (Å²) in [6.45, 7) is 6.37. The van der Waals surface area contributed by atoms with Gasteiger partial charge in [-0.15, -0.1) is 0 Å². The Labute approximate surface area is 104 Å². The van der Waals surface area contributed by atoms with Gasteiger partial charge in [0.2, 0.25) is 0 Å². The molecule has 0 heterocycles. The van der Waals surface area contributed by atoms with E-state index in [0.29, 0.717) is 6.42 Å². The molecule has 0 amide bonds. The molecule has 0 aromatic carbocycles. The van der Waals surface area contributed by atoms with Crippen LogP contribution in [-0.4, -0.2) is 61.9 Å². The number of nitrogens with zero attached hydrogens (tertiary/aromatic N) is 1. The number of hydrogen-bond acceptors (Lipinski definition) is 4. The van der Waals surface area contributed by atoms with E-state index < -0.39 is 12.0 Å². The number of carboxylic acids is 1. The second-order valence-corrected chi connectivity index (χ2v) is 4.65. The van der Waals surface area contributed by atoms with Crippen LogP contribution in [0.5, 0.6) is 0 Å². The second-order valence-electron chi connectivity index (χ2n) is 4.65. The first-order chi connectivity index (χ1) is 7.97. The Morgan fingerprint density at radius 1 is 1.41 bits per heavy atom. The molecule has 0 rings (SSSR count). The molecule has 0 aliphatic heterocycles. The standard InChI is InChI=1S/C12H26N2O3/c1-10(2)13-11(12(15)16)6-8-14(3)7-5-9-17-4/h10-11,13H,5-9H2,1-4H3,(H,15,16). The summed E-state index contributed by atoms with van der Waals surface area (Å²) in [5.74, 6) is -0.774. The third-order valence-electron chi connectivity index (χ3n) is 2.52. The first-order valence-corrected chi connectivity index (χ1v) is 6.13. The average Bonchev–Trinajstić information content (AvgIpc) is 2.23. The van der Waals surface area contributed by atoms with Crippen molar-refractivity contribution < 1.29 is 14.6 Å². The summed E-state index contributed by atoms with van der Waals surface area (Å²) in [4.78, 5) is 13.1. The predicted octanol–water partition coefficient (Wildman–Crippen LogP) is 0.796. The maximum Gasteiger partial charge on any atom is 0.320 e. The average molecular weight is 246 g/mol. The maximum absolute atomic E-state index is 11.0. The largest absolute Gasteiger partial charge is 0.480 e. The Morgan fingerprint density at radius 3 is 2.53 bits per heavy atom. The zero-order valence-electron chi connectivity index (χ0n) is 11.4. The number of rotatable bonds is 10. The number of nitrogens with one attached hydrogen (secondary N) is 1. The highest BCUT2D eigenvalue weighted by atomic mass is 16.5. The van der Waals surface area contributed by atoms with Crippen molar-refractivity contribution in [3.63, 3.8) is 0 Å². The van der Waals surface area contributed by atoms with E-state index in [1.807, 2.05) is 20.9 Å². The number of ether oxygens (including phenoxy) is 1. The highest BCUT2D eigenvalue weighted by molar-refractivity contribution is 5.73. The highest BCUT2D eigenvalue weighted by Gasteiger charge is 2.18. The lowest BCUT2D eigenvalue weighted by Crippen LogP contribution is -2.42. The van der Waals surface area contributed by atoms with Gasteiger partial charge < -0.3 is 20.1 Å². The van der Waals surface area contributed by atoms with Gasteiger partial charge in [0, 0.05) is 26.3 Å². The lowest BCUT2D eigenvalue weighted by Gasteiger charge is -2.21. The minimum absolute atomic E-state index is 0.190. The Morgan fingerprint density at radius 2 is 2.06 bits per heavy atom. The van der Waals surface area contributed by atoms with Crippen LogP contribution >= 0.6 is 0 Å². The zero-order chi connectivity index (χ0) is 13.3. The third kappa shape index (κ3) is 9.09. The lowest BCUT2D eigenvalue weighted by atomic mass is 10.1. The zero-order valence-corrected chi connectivity index (χ0v) is 11.4. The van der Waals surface area contributed by atoms with Crippen LogP contribution in [0.2, 0.25) is 0 Å². The number of methoxy groups -OCH3 is 1. The molecule has 17 heavy (non-hydrogen) atoms. The first-order valence-electron chi connectivity index (χ1n) is 6.13. The van der Waals surface area contributed by atoms with Crippen molar-refractivity contribution in [3.05, 3.63) is 0 Å². The van der Waals surface area contributed by atoms with E-state index in [9.17, 15) is 4.79 Å². The molecular weight excluding hydrogens is 220 g/mol. The fraction of sp³-hybridized carbons (Fsp3) is 0.917. The summed E-state index contributed by atoms with van der Waals surface area (Å²) in [5.41, 5.74) is 0. The summed E-state index contributed by atoms with van der Waals surface area (Å²) in [6, 6.07) is -0.269. The summed E-state index contributed by atoms with van der Waals surface area (Å²) in [6.07, 6.45) is 1.60. The summed E-state index contributed by atoms with van der Waals surface area (Å²) in [5, 5.41) is 12.1. The van der Waals surface area contributed by atoms with Gasteiger partial charge in [-0.25, -0.2) is 0 Å². The van der Waals surface area contributed by atoms with Crippen LogP contribution in [0.15, 0.2) is 0 Å². The van der Waals surface area contributed by atoms with Crippen LogP contribution in [-0.2, 0) is 9.53 Å². The van der Waals surface area contributed by atoms with Gasteiger partial charge in [-0.2, -0.15) is 0 Å². The summed E-state index contributed by atoms with van der Waals surface area (Å²) in [7, 11) is 3.69. The van der Waals surface area contributed by atoms with Gasteiger partial charge in [0.15, 0.2) is 0 Å². The van der Waals surface area contributed by atoms with Crippen molar-refractivity contribution in [2.75, 3.05) is 33.9 Å². The van der Waals surface area contributed by atoms with Gasteiger partial charge in [-0.05, 0) is 26.4 Å². The van der Waals surface area contributed by atoms with E-state index in [-0.39, 0.29) is 6.04 Å². The predicted molar refractivity (Wildman–Crippen MR) is 68.3 cm³/mol. The molecule has 5 heteroatoms. The fourth-order valence-corrected chi connectivity index (χ4v) is 1.62. The molecule has 102 valence electrons. The Hall–Kier alpha value is -0.650. The van der Waals surface area contributed by atoms with E-state index in [2.05, 4.69) is 10.2 Å². The molecule has 0 bridgehead atoms. The van der Waals surface area contributed by atoms with Gasteiger partial charge in [-0.1, -0.05) is 13.8 Å². The summed E-state index contributed by atoms with van der Waals surface area (Å²) >= 11 is 0. The van der Waals surface area contributed by atoms with Gasteiger partial charge in [0.1, 0.15) is 6.04 Å². The number of carbonyl (C=O) groups is 1. The van der Waals surface area contributed by atoms with E-state index >= 15 is 0 Å². The summed E-state index contributed by atoms with van der Waals surface area (Å²) < 4.78 is 4.98. The van der Waals surface area contributed by atoms with Crippen LogP contribution in [0.3, 0.4) is 0 Å². The molecule has 0 aliphatic carbocycles. The van der Waals surface area contributed by atoms with Crippen LogP contribution < -0.4 is 5.32 Å². The van der Waals surface area contributed by atoms with E-state index in [4.69, 9.17) is 9.84 Å². The Balaban J connectivity index is 3.83. The lowest BCUT2D eigenvalue weighted by molar-refractivity contribution is -0.139. The molecule has 2 N–H and O–H groups in total. The molecule has 0 aromatic heterocycles. The SMILES string of the molecule is COCCCN(C)CCC(NC(C)C)C(=O)O. The maximum atomic E-state index is 11.0. The van der Waals surface area contributed by atoms with E-state index in [0.717, 1.165) is 26.1 Å². The van der Waals surface area contributed by atoms with Crippen molar-refractivity contribution in [1.82, 2.24) is 10.2 Å². The minimum Gasteiger partial charge on any atom is -0.480 e. The molecule has 0 aliphatic rings. The molecule has 0 fully saturated rings. The quantitative estimate of drug-likeness (QED) is 0.558. The molecular formula is C12H26N2O3. The van der Waals surface area contributed by atoms with Gasteiger partial charge in [-0.3, -0.25) is 4.79 Å². The van der Waals surface area contributed by atoms with E-state index in [1.54, 1.807) is 7.11 Å². The van der Waals surface area contributed by atoms with Crippen molar-refractivity contribution in [2.45, 2.75) is 38.8 Å². The Bertz CT molecular complexity index is 210. The van der Waals surface area contributed by atoms with Crippen molar-refractivity contribution >= 4 is 5.97 Å². The third-order valence-corrected chi connectivity index (χ3v) is 2.52. The molecule has 0 radical (unpaired) electrons. The number of hydrogen-bond donors (Lipinski definition) is 2. The van der Waals surface area contributed by atoms with Crippen LogP contribution in [0.25, 0.3) is 0 Å². The molecule has 1 unspecified atom stereocenters. The van der Waals surface area contributed by atoms with Crippen LogP contribution in [0.4, 0.5) is 0 Å². The first kappa shape index (κ1) is 16.4. The highest BCUT2D eigenvalue weighted by Crippen LogP contribution is 1.98. The van der Waals surface area contributed by atoms with Crippen LogP contribution in [0.1, 0.15) is 26.7 Å². The molecule has 0 spiro atoms. The van der Waals surface area contributed by atoms with Crippen molar-refractivity contribution in [1.29, 1.82) is 0 Å². The molecule has 0 saturated carbocycles.